The quantitative estimate of drug-likeness (QED) is 0.928. The lowest BCUT2D eigenvalue weighted by molar-refractivity contribution is 0.0892. The number of piperidine rings is 2. The zero-order valence-electron chi connectivity index (χ0n) is 12.6. The first-order valence-corrected chi connectivity index (χ1v) is 8.17. The molecule has 0 atom stereocenters. The van der Waals surface area contributed by atoms with Crippen LogP contribution < -0.4 is 0 Å². The number of hydrogen-bond acceptors (Lipinski definition) is 3. The van der Waals surface area contributed by atoms with E-state index in [1.54, 1.807) is 6.07 Å². The van der Waals surface area contributed by atoms with E-state index >= 15 is 0 Å². The van der Waals surface area contributed by atoms with Gasteiger partial charge in [-0.1, -0.05) is 18.6 Å². The van der Waals surface area contributed by atoms with E-state index in [0.717, 1.165) is 19.1 Å². The molecule has 0 saturated carbocycles. The number of aromatic hydroxyl groups is 1. The Balaban J connectivity index is 1.52. The van der Waals surface area contributed by atoms with Crippen molar-refractivity contribution < 1.29 is 9.50 Å². The molecule has 2 fully saturated rings. The van der Waals surface area contributed by atoms with Crippen LogP contribution in [0.3, 0.4) is 0 Å². The monoisotopic (exact) mass is 292 g/mol. The van der Waals surface area contributed by atoms with Crippen LogP contribution in [-0.2, 0) is 6.54 Å². The Morgan fingerprint density at radius 3 is 2.48 bits per heavy atom. The average Bonchev–Trinajstić information content (AvgIpc) is 2.53. The van der Waals surface area contributed by atoms with Crippen LogP contribution >= 0.6 is 0 Å². The number of phenolic OH excluding ortho intramolecular Hbond substituents is 1. The largest absolute Gasteiger partial charge is 0.505 e. The van der Waals surface area contributed by atoms with Crippen molar-refractivity contribution in [3.8, 4) is 5.75 Å². The molecule has 0 aromatic heterocycles. The molecule has 0 aliphatic carbocycles. The predicted octanol–water partition coefficient (Wildman–Crippen LogP) is 2.98. The maximum Gasteiger partial charge on any atom is 0.165 e. The van der Waals surface area contributed by atoms with Gasteiger partial charge in [-0.15, -0.1) is 0 Å². The summed E-state index contributed by atoms with van der Waals surface area (Å²) in [7, 11) is 0. The Hall–Kier alpha value is -1.13. The topological polar surface area (TPSA) is 26.7 Å². The molecule has 0 radical (unpaired) electrons. The minimum absolute atomic E-state index is 0.185. The molecular weight excluding hydrogens is 267 g/mol. The Morgan fingerprint density at radius 1 is 1.05 bits per heavy atom. The van der Waals surface area contributed by atoms with E-state index in [1.165, 1.54) is 51.3 Å². The van der Waals surface area contributed by atoms with Crippen LogP contribution in [0.5, 0.6) is 5.75 Å². The highest BCUT2D eigenvalue weighted by Crippen LogP contribution is 2.25. The lowest BCUT2D eigenvalue weighted by atomic mass is 9.99. The summed E-state index contributed by atoms with van der Waals surface area (Å²) >= 11 is 0. The van der Waals surface area contributed by atoms with Crippen LogP contribution in [0.4, 0.5) is 4.39 Å². The van der Waals surface area contributed by atoms with Gasteiger partial charge in [-0.3, -0.25) is 4.90 Å². The molecule has 2 heterocycles. The maximum atomic E-state index is 13.4. The Kier molecular flexibility index (Phi) is 4.76. The van der Waals surface area contributed by atoms with Gasteiger partial charge in [0.15, 0.2) is 11.6 Å². The first-order valence-electron chi connectivity index (χ1n) is 8.17. The van der Waals surface area contributed by atoms with Crippen LogP contribution in [0, 0.1) is 5.82 Å². The molecular formula is C17H25FN2O. The van der Waals surface area contributed by atoms with Gasteiger partial charge < -0.3 is 10.0 Å². The van der Waals surface area contributed by atoms with Gasteiger partial charge in [0, 0.05) is 18.2 Å². The molecule has 0 amide bonds. The molecule has 0 spiro atoms. The van der Waals surface area contributed by atoms with Crippen LogP contribution in [0.1, 0.15) is 37.7 Å². The van der Waals surface area contributed by atoms with E-state index in [9.17, 15) is 9.50 Å². The van der Waals surface area contributed by atoms with Gasteiger partial charge >= 0.3 is 0 Å². The summed E-state index contributed by atoms with van der Waals surface area (Å²) < 4.78 is 13.4. The number of phenols is 1. The second-order valence-electron chi connectivity index (χ2n) is 6.35. The average molecular weight is 292 g/mol. The van der Waals surface area contributed by atoms with Crippen molar-refractivity contribution in [3.05, 3.63) is 29.6 Å². The summed E-state index contributed by atoms with van der Waals surface area (Å²) in [4.78, 5) is 4.98. The zero-order valence-corrected chi connectivity index (χ0v) is 12.6. The summed E-state index contributed by atoms with van der Waals surface area (Å²) in [5.74, 6) is -0.702. The number of halogens is 1. The van der Waals surface area contributed by atoms with Crippen molar-refractivity contribution in [1.82, 2.24) is 9.80 Å². The van der Waals surface area contributed by atoms with E-state index in [0.29, 0.717) is 12.1 Å². The fraction of sp³-hybridized carbons (Fsp3) is 0.647. The Morgan fingerprint density at radius 2 is 1.76 bits per heavy atom. The van der Waals surface area contributed by atoms with Crippen molar-refractivity contribution in [2.24, 2.45) is 0 Å². The highest BCUT2D eigenvalue weighted by atomic mass is 19.1. The molecule has 2 aliphatic heterocycles. The van der Waals surface area contributed by atoms with Crippen LogP contribution in [-0.4, -0.2) is 47.1 Å². The van der Waals surface area contributed by atoms with E-state index in [1.807, 2.05) is 6.07 Å². The third kappa shape index (κ3) is 3.55. The number of nitrogens with zero attached hydrogens (tertiary/aromatic N) is 2. The van der Waals surface area contributed by atoms with Gasteiger partial charge in [-0.2, -0.15) is 0 Å². The molecule has 3 nitrogen and oxygen atoms in total. The molecule has 116 valence electrons. The van der Waals surface area contributed by atoms with Crippen LogP contribution in [0.2, 0.25) is 0 Å². The van der Waals surface area contributed by atoms with Crippen molar-refractivity contribution in [2.45, 2.75) is 44.7 Å². The highest BCUT2D eigenvalue weighted by Gasteiger charge is 2.25. The second-order valence-corrected chi connectivity index (χ2v) is 6.35. The normalized spacial score (nSPS) is 22.5. The standard InChI is InChI=1S/C17H25FN2O/c18-16-6-4-5-14(17(16)21)13-19-11-7-15(8-12-19)20-9-2-1-3-10-20/h4-6,15,21H,1-3,7-13H2. The Bertz CT molecular complexity index is 466. The molecule has 3 rings (SSSR count). The van der Waals surface area contributed by atoms with Gasteiger partial charge in [0.1, 0.15) is 0 Å². The van der Waals surface area contributed by atoms with Crippen molar-refractivity contribution in [2.75, 3.05) is 26.2 Å². The molecule has 0 bridgehead atoms. The summed E-state index contributed by atoms with van der Waals surface area (Å²) in [5, 5.41) is 9.77. The van der Waals surface area contributed by atoms with Gasteiger partial charge in [-0.25, -0.2) is 4.39 Å². The fourth-order valence-corrected chi connectivity index (χ4v) is 3.65. The summed E-state index contributed by atoms with van der Waals surface area (Å²) in [6.45, 7) is 5.25. The SMILES string of the molecule is Oc1c(F)cccc1CN1CCC(N2CCCCC2)CC1. The molecule has 4 heteroatoms. The number of benzene rings is 1. The molecule has 0 unspecified atom stereocenters. The zero-order chi connectivity index (χ0) is 14.7. The van der Waals surface area contributed by atoms with Crippen LogP contribution in [0.25, 0.3) is 0 Å². The predicted molar refractivity (Wildman–Crippen MR) is 81.8 cm³/mol. The Labute approximate surface area is 126 Å². The highest BCUT2D eigenvalue weighted by molar-refractivity contribution is 5.33. The first-order chi connectivity index (χ1) is 10.2. The summed E-state index contributed by atoms with van der Waals surface area (Å²) in [6, 6.07) is 5.52. The maximum absolute atomic E-state index is 13.4. The number of hydrogen-bond donors (Lipinski definition) is 1. The molecule has 2 saturated heterocycles. The lowest BCUT2D eigenvalue weighted by Gasteiger charge is -2.40. The van der Waals surface area contributed by atoms with Gasteiger partial charge in [-0.05, 0) is 57.9 Å². The smallest absolute Gasteiger partial charge is 0.165 e. The van der Waals surface area contributed by atoms with Gasteiger partial charge in [0.05, 0.1) is 0 Å². The fourth-order valence-electron chi connectivity index (χ4n) is 3.65. The van der Waals surface area contributed by atoms with E-state index in [2.05, 4.69) is 9.80 Å². The molecule has 1 aromatic rings. The van der Waals surface area contributed by atoms with Crippen molar-refractivity contribution in [1.29, 1.82) is 0 Å². The molecule has 2 aliphatic rings. The third-order valence-electron chi connectivity index (χ3n) is 4.93. The van der Waals surface area contributed by atoms with Gasteiger partial charge in [0.25, 0.3) is 0 Å². The minimum atomic E-state index is -0.518. The molecule has 21 heavy (non-hydrogen) atoms. The molecule has 1 aromatic carbocycles. The van der Waals surface area contributed by atoms with Gasteiger partial charge in [0.2, 0.25) is 0 Å². The van der Waals surface area contributed by atoms with E-state index in [4.69, 9.17) is 0 Å². The number of para-hydroxylation sites is 1. The van der Waals surface area contributed by atoms with Crippen molar-refractivity contribution in [3.63, 3.8) is 0 Å². The summed E-state index contributed by atoms with van der Waals surface area (Å²) in [5.41, 5.74) is 0.700. The third-order valence-corrected chi connectivity index (χ3v) is 4.93. The van der Waals surface area contributed by atoms with Crippen molar-refractivity contribution >= 4 is 0 Å². The van der Waals surface area contributed by atoms with E-state index < -0.39 is 5.82 Å². The van der Waals surface area contributed by atoms with E-state index in [-0.39, 0.29) is 5.75 Å². The lowest BCUT2D eigenvalue weighted by Crippen LogP contribution is -2.46. The van der Waals surface area contributed by atoms with Crippen LogP contribution in [0.15, 0.2) is 18.2 Å². The minimum Gasteiger partial charge on any atom is -0.505 e. The number of likely N-dealkylation sites (tertiary alicyclic amines) is 2. The second kappa shape index (κ2) is 6.75. The first kappa shape index (κ1) is 14.8. The number of rotatable bonds is 3. The molecule has 1 N–H and O–H groups in total. The summed E-state index contributed by atoms with van der Waals surface area (Å²) in [6.07, 6.45) is 6.45.